The van der Waals surface area contributed by atoms with Gasteiger partial charge in [0.05, 0.1) is 0 Å². The van der Waals surface area contributed by atoms with Crippen molar-refractivity contribution in [3.8, 4) is 0 Å². The van der Waals surface area contributed by atoms with E-state index in [2.05, 4.69) is 0 Å². The first-order chi connectivity index (χ1) is 7.00. The van der Waals surface area contributed by atoms with Gasteiger partial charge in [-0.3, -0.25) is 9.59 Å². The third-order valence-electron chi connectivity index (χ3n) is 2.04. The molecule has 0 radical (unpaired) electrons. The molecule has 1 rings (SSSR count). The Hall–Kier alpha value is -1.88. The van der Waals surface area contributed by atoms with E-state index in [1.807, 2.05) is 0 Å². The number of carbonyl (C=O) groups is 2. The van der Waals surface area contributed by atoms with Crippen LogP contribution in [-0.2, 0) is 4.79 Å². The van der Waals surface area contributed by atoms with Gasteiger partial charge in [-0.2, -0.15) is 0 Å². The Labute approximate surface area is 87.2 Å². The van der Waals surface area contributed by atoms with Gasteiger partial charge < -0.3 is 17.2 Å². The predicted octanol–water partition coefficient (Wildman–Crippen LogP) is -0.339. The summed E-state index contributed by atoms with van der Waals surface area (Å²) in [6, 6.07) is 6.02. The minimum atomic E-state index is -0.495. The lowest BCUT2D eigenvalue weighted by molar-refractivity contribution is -0.118. The zero-order valence-electron chi connectivity index (χ0n) is 8.14. The van der Waals surface area contributed by atoms with E-state index in [9.17, 15) is 9.59 Å². The van der Waals surface area contributed by atoms with E-state index in [0.29, 0.717) is 5.56 Å². The molecule has 0 heterocycles. The molecule has 0 bridgehead atoms. The fraction of sp³-hybridized carbons (Fsp3) is 0.200. The zero-order chi connectivity index (χ0) is 11.4. The van der Waals surface area contributed by atoms with Crippen LogP contribution in [0.4, 0.5) is 0 Å². The monoisotopic (exact) mass is 207 g/mol. The summed E-state index contributed by atoms with van der Waals surface area (Å²) in [6.45, 7) is 0. The molecule has 0 saturated carbocycles. The van der Waals surface area contributed by atoms with Crippen molar-refractivity contribution in [3.05, 3.63) is 35.4 Å². The number of benzene rings is 1. The number of carbonyl (C=O) groups excluding carboxylic acids is 2. The van der Waals surface area contributed by atoms with E-state index in [-0.39, 0.29) is 6.42 Å². The fourth-order valence-corrected chi connectivity index (χ4v) is 1.23. The molecule has 1 aromatic rings. The average molecular weight is 207 g/mol. The lowest BCUT2D eigenvalue weighted by Crippen LogP contribution is -2.20. The van der Waals surface area contributed by atoms with E-state index in [4.69, 9.17) is 17.2 Å². The van der Waals surface area contributed by atoms with Gasteiger partial charge in [0.15, 0.2) is 0 Å². The smallest absolute Gasteiger partial charge is 0.248 e. The molecular formula is C10H13N3O2. The Balaban J connectivity index is 2.79. The summed E-state index contributed by atoms with van der Waals surface area (Å²) in [4.78, 5) is 21.4. The van der Waals surface area contributed by atoms with E-state index >= 15 is 0 Å². The highest BCUT2D eigenvalue weighted by molar-refractivity contribution is 5.92. The number of hydrogen-bond donors (Lipinski definition) is 3. The van der Waals surface area contributed by atoms with Crippen LogP contribution in [0.15, 0.2) is 24.3 Å². The van der Waals surface area contributed by atoms with E-state index in [1.165, 1.54) is 0 Å². The summed E-state index contributed by atoms with van der Waals surface area (Å²) in [5.74, 6) is -0.952. The van der Waals surface area contributed by atoms with Gasteiger partial charge in [-0.15, -0.1) is 0 Å². The molecule has 0 fully saturated rings. The van der Waals surface area contributed by atoms with E-state index in [1.54, 1.807) is 24.3 Å². The minimum Gasteiger partial charge on any atom is -0.370 e. The summed E-state index contributed by atoms with van der Waals surface area (Å²) in [5, 5.41) is 0. The average Bonchev–Trinajstić information content (AvgIpc) is 2.17. The molecule has 5 heteroatoms. The second-order valence-corrected chi connectivity index (χ2v) is 3.26. The largest absolute Gasteiger partial charge is 0.370 e. The number of hydrogen-bond acceptors (Lipinski definition) is 3. The quantitative estimate of drug-likeness (QED) is 0.627. The first kappa shape index (κ1) is 11.2. The number of primary amides is 2. The van der Waals surface area contributed by atoms with Crippen molar-refractivity contribution in [2.75, 3.05) is 0 Å². The Bertz CT molecular complexity index is 373. The molecule has 0 spiro atoms. The standard InChI is InChI=1S/C10H13N3O2/c11-8(5-9(12)14)6-1-3-7(4-2-6)10(13)15/h1-4,8H,5,11H2,(H2,12,14)(H2,13,15). The second kappa shape index (κ2) is 4.56. The van der Waals surface area contributed by atoms with Crippen molar-refractivity contribution < 1.29 is 9.59 Å². The van der Waals surface area contributed by atoms with Crippen LogP contribution in [-0.4, -0.2) is 11.8 Å². The molecule has 6 N–H and O–H groups in total. The van der Waals surface area contributed by atoms with Gasteiger partial charge in [0.2, 0.25) is 11.8 Å². The van der Waals surface area contributed by atoms with Crippen molar-refractivity contribution >= 4 is 11.8 Å². The molecule has 0 aromatic heterocycles. The van der Waals surface area contributed by atoms with Crippen LogP contribution in [0.5, 0.6) is 0 Å². The van der Waals surface area contributed by atoms with Crippen molar-refractivity contribution in [3.63, 3.8) is 0 Å². The lowest BCUT2D eigenvalue weighted by Gasteiger charge is -2.09. The van der Waals surface area contributed by atoms with Gasteiger partial charge in [0, 0.05) is 18.0 Å². The summed E-state index contributed by atoms with van der Waals surface area (Å²) < 4.78 is 0. The van der Waals surface area contributed by atoms with Gasteiger partial charge in [0.1, 0.15) is 0 Å². The normalized spacial score (nSPS) is 12.1. The van der Waals surface area contributed by atoms with Gasteiger partial charge in [-0.25, -0.2) is 0 Å². The molecule has 0 saturated heterocycles. The van der Waals surface area contributed by atoms with E-state index < -0.39 is 17.9 Å². The maximum Gasteiger partial charge on any atom is 0.248 e. The summed E-state index contributed by atoms with van der Waals surface area (Å²) in [7, 11) is 0. The fourth-order valence-electron chi connectivity index (χ4n) is 1.23. The molecule has 1 unspecified atom stereocenters. The molecule has 0 aliphatic rings. The molecule has 80 valence electrons. The maximum atomic E-state index is 10.8. The number of rotatable bonds is 4. The number of amides is 2. The van der Waals surface area contributed by atoms with Crippen LogP contribution in [0.2, 0.25) is 0 Å². The molecule has 15 heavy (non-hydrogen) atoms. The highest BCUT2D eigenvalue weighted by atomic mass is 16.1. The van der Waals surface area contributed by atoms with Crippen molar-refractivity contribution in [1.29, 1.82) is 0 Å². The molecule has 2 amide bonds. The molecular weight excluding hydrogens is 194 g/mol. The third kappa shape index (κ3) is 3.07. The lowest BCUT2D eigenvalue weighted by atomic mass is 10.0. The summed E-state index contributed by atoms with van der Waals surface area (Å²) >= 11 is 0. The first-order valence-corrected chi connectivity index (χ1v) is 4.44. The predicted molar refractivity (Wildman–Crippen MR) is 55.7 cm³/mol. The Morgan fingerprint density at radius 1 is 1.13 bits per heavy atom. The summed E-state index contributed by atoms with van der Waals surface area (Å²) in [5.41, 5.74) is 17.0. The topological polar surface area (TPSA) is 112 Å². The highest BCUT2D eigenvalue weighted by Gasteiger charge is 2.09. The first-order valence-electron chi connectivity index (χ1n) is 4.44. The van der Waals surface area contributed by atoms with Crippen LogP contribution in [0.25, 0.3) is 0 Å². The molecule has 1 aromatic carbocycles. The van der Waals surface area contributed by atoms with Crippen LogP contribution in [0.3, 0.4) is 0 Å². The Morgan fingerprint density at radius 3 is 2.07 bits per heavy atom. The van der Waals surface area contributed by atoms with Gasteiger partial charge in [0.25, 0.3) is 0 Å². The van der Waals surface area contributed by atoms with Crippen LogP contribution >= 0.6 is 0 Å². The molecule has 0 aliphatic carbocycles. The number of nitrogens with two attached hydrogens (primary N) is 3. The van der Waals surface area contributed by atoms with Crippen LogP contribution in [0, 0.1) is 0 Å². The molecule has 0 aliphatic heterocycles. The van der Waals surface area contributed by atoms with Crippen LogP contribution in [0.1, 0.15) is 28.4 Å². The van der Waals surface area contributed by atoms with Gasteiger partial charge in [-0.05, 0) is 17.7 Å². The maximum absolute atomic E-state index is 10.8. The van der Waals surface area contributed by atoms with Crippen molar-refractivity contribution in [2.24, 2.45) is 17.2 Å². The third-order valence-corrected chi connectivity index (χ3v) is 2.04. The van der Waals surface area contributed by atoms with Gasteiger partial charge >= 0.3 is 0 Å². The molecule has 5 nitrogen and oxygen atoms in total. The SMILES string of the molecule is NC(=O)CC(N)c1ccc(C(N)=O)cc1. The Kier molecular flexibility index (Phi) is 3.41. The zero-order valence-corrected chi connectivity index (χ0v) is 8.14. The van der Waals surface area contributed by atoms with E-state index in [0.717, 1.165) is 5.56 Å². The van der Waals surface area contributed by atoms with Crippen molar-refractivity contribution in [2.45, 2.75) is 12.5 Å². The highest BCUT2D eigenvalue weighted by Crippen LogP contribution is 2.14. The van der Waals surface area contributed by atoms with Crippen LogP contribution < -0.4 is 17.2 Å². The molecule has 1 atom stereocenters. The second-order valence-electron chi connectivity index (χ2n) is 3.26. The summed E-state index contributed by atoms with van der Waals surface area (Å²) in [6.07, 6.45) is 0.0793. The van der Waals surface area contributed by atoms with Gasteiger partial charge in [-0.1, -0.05) is 12.1 Å². The minimum absolute atomic E-state index is 0.0793. The Morgan fingerprint density at radius 2 is 1.67 bits per heavy atom. The van der Waals surface area contributed by atoms with Crippen molar-refractivity contribution in [1.82, 2.24) is 0 Å².